The van der Waals surface area contributed by atoms with Gasteiger partial charge < -0.3 is 15.4 Å². The Hall–Kier alpha value is -0.910. The first kappa shape index (κ1) is 13.5. The van der Waals surface area contributed by atoms with E-state index in [0.717, 1.165) is 19.4 Å². The molecule has 2 N–H and O–H groups in total. The second kappa shape index (κ2) is 6.31. The number of thiocarbonyl (C=S) groups is 1. The number of halogens is 2. The number of rotatable bonds is 3. The van der Waals surface area contributed by atoms with Crippen LogP contribution in [0.5, 0.6) is 0 Å². The molecule has 0 unspecified atom stereocenters. The molecule has 0 bridgehead atoms. The first-order valence-corrected chi connectivity index (χ1v) is 6.55. The number of ether oxygens (including phenoxy) is 1. The summed E-state index contributed by atoms with van der Waals surface area (Å²) in [7, 11) is 0. The molecule has 0 aliphatic carbocycles. The lowest BCUT2D eigenvalue weighted by Gasteiger charge is -2.14. The summed E-state index contributed by atoms with van der Waals surface area (Å²) in [5, 5.41) is 6.61. The Balaban J connectivity index is 1.84. The minimum absolute atomic E-state index is 0.189. The third-order valence-corrected chi connectivity index (χ3v) is 3.17. The Morgan fingerprint density at radius 3 is 3.11 bits per heavy atom. The number of hydrogen-bond donors (Lipinski definition) is 2. The minimum atomic E-state index is -0.388. The molecule has 6 heteroatoms. The average Bonchev–Trinajstić information content (AvgIpc) is 2.84. The number of nitrogens with one attached hydrogen (secondary N) is 2. The van der Waals surface area contributed by atoms with Crippen molar-refractivity contribution in [3.8, 4) is 0 Å². The fourth-order valence-corrected chi connectivity index (χ4v) is 2.14. The molecule has 1 heterocycles. The van der Waals surface area contributed by atoms with Crippen LogP contribution < -0.4 is 10.6 Å². The van der Waals surface area contributed by atoms with E-state index in [2.05, 4.69) is 10.6 Å². The summed E-state index contributed by atoms with van der Waals surface area (Å²) in [4.78, 5) is 0. The summed E-state index contributed by atoms with van der Waals surface area (Å²) in [6, 6.07) is 4.29. The van der Waals surface area contributed by atoms with E-state index in [-0.39, 0.29) is 17.6 Å². The second-order valence-electron chi connectivity index (χ2n) is 4.09. The van der Waals surface area contributed by atoms with Gasteiger partial charge in [-0.25, -0.2) is 4.39 Å². The zero-order valence-electron chi connectivity index (χ0n) is 9.71. The van der Waals surface area contributed by atoms with Crippen molar-refractivity contribution in [3.05, 3.63) is 29.0 Å². The van der Waals surface area contributed by atoms with Gasteiger partial charge in [-0.05, 0) is 43.3 Å². The monoisotopic (exact) mass is 288 g/mol. The molecule has 0 aromatic heterocycles. The molecular formula is C12H14ClFN2OS. The largest absolute Gasteiger partial charge is 0.376 e. The predicted octanol–water partition coefficient (Wildman–Crippen LogP) is 2.94. The molecule has 1 aliphatic rings. The predicted molar refractivity (Wildman–Crippen MR) is 74.6 cm³/mol. The van der Waals surface area contributed by atoms with E-state index >= 15 is 0 Å². The molecule has 18 heavy (non-hydrogen) atoms. The first-order valence-electron chi connectivity index (χ1n) is 5.76. The lowest BCUT2D eigenvalue weighted by Crippen LogP contribution is -2.35. The fourth-order valence-electron chi connectivity index (χ4n) is 1.77. The topological polar surface area (TPSA) is 33.3 Å². The van der Waals surface area contributed by atoms with Gasteiger partial charge in [-0.1, -0.05) is 11.6 Å². The van der Waals surface area contributed by atoms with Crippen molar-refractivity contribution in [1.82, 2.24) is 5.32 Å². The lowest BCUT2D eigenvalue weighted by atomic mass is 10.2. The smallest absolute Gasteiger partial charge is 0.170 e. The van der Waals surface area contributed by atoms with Gasteiger partial charge in [-0.15, -0.1) is 0 Å². The highest BCUT2D eigenvalue weighted by Crippen LogP contribution is 2.19. The molecule has 0 saturated carbocycles. The third kappa shape index (κ3) is 3.80. The van der Waals surface area contributed by atoms with Crippen LogP contribution in [0.15, 0.2) is 18.2 Å². The molecule has 1 saturated heterocycles. The van der Waals surface area contributed by atoms with Gasteiger partial charge >= 0.3 is 0 Å². The summed E-state index contributed by atoms with van der Waals surface area (Å²) in [5.41, 5.74) is 0.271. The number of benzene rings is 1. The van der Waals surface area contributed by atoms with Crippen LogP contribution in [0.25, 0.3) is 0 Å². The fraction of sp³-hybridized carbons (Fsp3) is 0.417. The highest BCUT2D eigenvalue weighted by atomic mass is 35.5. The van der Waals surface area contributed by atoms with E-state index in [1.54, 1.807) is 0 Å². The summed E-state index contributed by atoms with van der Waals surface area (Å²) in [6.45, 7) is 1.43. The van der Waals surface area contributed by atoms with E-state index < -0.39 is 0 Å². The quantitative estimate of drug-likeness (QED) is 0.838. The highest BCUT2D eigenvalue weighted by molar-refractivity contribution is 7.80. The SMILES string of the molecule is Fc1ccc(Cl)cc1NC(=S)NC[C@@H]1CCCO1. The van der Waals surface area contributed by atoms with Crippen LogP contribution in [0.2, 0.25) is 5.02 Å². The molecule has 0 radical (unpaired) electrons. The second-order valence-corrected chi connectivity index (χ2v) is 4.94. The maximum Gasteiger partial charge on any atom is 0.170 e. The summed E-state index contributed by atoms with van der Waals surface area (Å²) >= 11 is 10.9. The highest BCUT2D eigenvalue weighted by Gasteiger charge is 2.15. The molecule has 1 aliphatic heterocycles. The van der Waals surface area contributed by atoms with Crippen LogP contribution in [-0.4, -0.2) is 24.4 Å². The Morgan fingerprint density at radius 2 is 2.39 bits per heavy atom. The Bertz CT molecular complexity index is 438. The average molecular weight is 289 g/mol. The lowest BCUT2D eigenvalue weighted by molar-refractivity contribution is 0.114. The molecule has 3 nitrogen and oxygen atoms in total. The van der Waals surface area contributed by atoms with Crippen molar-refractivity contribution >= 4 is 34.6 Å². The number of hydrogen-bond acceptors (Lipinski definition) is 2. The van der Waals surface area contributed by atoms with Crippen LogP contribution in [-0.2, 0) is 4.74 Å². The van der Waals surface area contributed by atoms with Crippen molar-refractivity contribution in [3.63, 3.8) is 0 Å². The van der Waals surface area contributed by atoms with Crippen LogP contribution in [0.4, 0.5) is 10.1 Å². The molecular weight excluding hydrogens is 275 g/mol. The van der Waals surface area contributed by atoms with Gasteiger partial charge in [0.05, 0.1) is 11.8 Å². The van der Waals surface area contributed by atoms with E-state index in [1.807, 2.05) is 0 Å². The summed E-state index contributed by atoms with van der Waals surface area (Å²) in [5.74, 6) is -0.388. The van der Waals surface area contributed by atoms with Gasteiger partial charge in [0.15, 0.2) is 5.11 Å². The Labute approximate surface area is 116 Å². The van der Waals surface area contributed by atoms with E-state index in [1.165, 1.54) is 18.2 Å². The van der Waals surface area contributed by atoms with Gasteiger partial charge in [0, 0.05) is 18.2 Å². The summed E-state index contributed by atoms with van der Waals surface area (Å²) < 4.78 is 18.9. The van der Waals surface area contributed by atoms with Crippen molar-refractivity contribution < 1.29 is 9.13 Å². The minimum Gasteiger partial charge on any atom is -0.376 e. The van der Waals surface area contributed by atoms with Crippen molar-refractivity contribution in [2.24, 2.45) is 0 Å². The van der Waals surface area contributed by atoms with Crippen LogP contribution in [0.3, 0.4) is 0 Å². The molecule has 0 amide bonds. The standard InChI is InChI=1S/C12H14ClFN2OS/c13-8-3-4-10(14)11(6-8)16-12(18)15-7-9-2-1-5-17-9/h3-4,6,9H,1-2,5,7H2,(H2,15,16,18)/t9-/m0/s1. The first-order chi connectivity index (χ1) is 8.65. The number of anilines is 1. The Kier molecular flexibility index (Phi) is 4.74. The van der Waals surface area contributed by atoms with Crippen molar-refractivity contribution in [2.45, 2.75) is 18.9 Å². The van der Waals surface area contributed by atoms with E-state index in [9.17, 15) is 4.39 Å². The van der Waals surface area contributed by atoms with Crippen LogP contribution in [0.1, 0.15) is 12.8 Å². The maximum atomic E-state index is 13.4. The van der Waals surface area contributed by atoms with Crippen LogP contribution >= 0.6 is 23.8 Å². The molecule has 98 valence electrons. The maximum absolute atomic E-state index is 13.4. The van der Waals surface area contributed by atoms with Gasteiger partial charge in [-0.2, -0.15) is 0 Å². The van der Waals surface area contributed by atoms with E-state index in [0.29, 0.717) is 16.7 Å². The summed E-state index contributed by atoms with van der Waals surface area (Å²) in [6.07, 6.45) is 2.30. The molecule has 1 aromatic rings. The zero-order chi connectivity index (χ0) is 13.0. The molecule has 0 spiro atoms. The van der Waals surface area contributed by atoms with Gasteiger partial charge in [-0.3, -0.25) is 0 Å². The van der Waals surface area contributed by atoms with Crippen molar-refractivity contribution in [1.29, 1.82) is 0 Å². The van der Waals surface area contributed by atoms with Gasteiger partial charge in [0.25, 0.3) is 0 Å². The third-order valence-electron chi connectivity index (χ3n) is 2.69. The zero-order valence-corrected chi connectivity index (χ0v) is 11.3. The normalized spacial score (nSPS) is 18.7. The molecule has 1 fully saturated rings. The van der Waals surface area contributed by atoms with Gasteiger partial charge in [0.2, 0.25) is 0 Å². The molecule has 2 rings (SSSR count). The van der Waals surface area contributed by atoms with E-state index in [4.69, 9.17) is 28.6 Å². The Morgan fingerprint density at radius 1 is 1.56 bits per heavy atom. The molecule has 1 aromatic carbocycles. The van der Waals surface area contributed by atoms with Crippen LogP contribution in [0, 0.1) is 5.82 Å². The molecule has 1 atom stereocenters. The van der Waals surface area contributed by atoms with Crippen molar-refractivity contribution in [2.75, 3.05) is 18.5 Å². The van der Waals surface area contributed by atoms with Gasteiger partial charge in [0.1, 0.15) is 5.82 Å².